The Morgan fingerprint density at radius 2 is 2.09 bits per heavy atom. The van der Waals surface area contributed by atoms with Gasteiger partial charge in [0.05, 0.1) is 12.1 Å². The molecule has 1 aromatic heterocycles. The fourth-order valence-electron chi connectivity index (χ4n) is 2.93. The molecule has 1 saturated heterocycles. The van der Waals surface area contributed by atoms with Crippen LogP contribution in [0.3, 0.4) is 0 Å². The van der Waals surface area contributed by atoms with Gasteiger partial charge in [-0.05, 0) is 19.1 Å². The lowest BCUT2D eigenvalue weighted by Crippen LogP contribution is -2.50. The van der Waals surface area contributed by atoms with E-state index in [-0.39, 0.29) is 17.9 Å². The van der Waals surface area contributed by atoms with Crippen LogP contribution in [0.4, 0.5) is 0 Å². The Labute approximate surface area is 134 Å². The Hall–Kier alpha value is -2.50. The molecule has 1 atom stereocenters. The Bertz CT molecular complexity index is 721. The van der Waals surface area contributed by atoms with E-state index < -0.39 is 0 Å². The molecular formula is C17H18N2O4. The summed E-state index contributed by atoms with van der Waals surface area (Å²) in [6.07, 6.45) is 0.101. The van der Waals surface area contributed by atoms with Crippen molar-refractivity contribution >= 4 is 5.91 Å². The largest absolute Gasteiger partial charge is 0.486 e. The third-order valence-electron chi connectivity index (χ3n) is 4.27. The van der Waals surface area contributed by atoms with Crippen LogP contribution in [0, 0.1) is 6.92 Å². The van der Waals surface area contributed by atoms with Gasteiger partial charge in [0.25, 0.3) is 0 Å². The molecule has 0 bridgehead atoms. The summed E-state index contributed by atoms with van der Waals surface area (Å²) in [5.74, 6) is 2.61. The summed E-state index contributed by atoms with van der Waals surface area (Å²) in [4.78, 5) is 14.2. The predicted octanol–water partition coefficient (Wildman–Crippen LogP) is 2.14. The number of rotatable bonds is 3. The number of benzene rings is 1. The molecule has 2 aliphatic rings. The minimum absolute atomic E-state index is 0.0921. The molecule has 6 nitrogen and oxygen atoms in total. The van der Waals surface area contributed by atoms with Crippen LogP contribution in [0.15, 0.2) is 34.9 Å². The Morgan fingerprint density at radius 1 is 1.30 bits per heavy atom. The van der Waals surface area contributed by atoms with Gasteiger partial charge in [-0.3, -0.25) is 4.79 Å². The quantitative estimate of drug-likeness (QED) is 0.868. The summed E-state index contributed by atoms with van der Waals surface area (Å²) in [5, 5.41) is 4.01. The van der Waals surface area contributed by atoms with E-state index in [4.69, 9.17) is 14.0 Å². The number of likely N-dealkylation sites (tertiary alicyclic amines) is 1. The summed E-state index contributed by atoms with van der Waals surface area (Å²) in [7, 11) is 0. The third kappa shape index (κ3) is 2.76. The molecule has 4 rings (SSSR count). The van der Waals surface area contributed by atoms with E-state index in [1.54, 1.807) is 0 Å². The molecule has 120 valence electrons. The Kier molecular flexibility index (Phi) is 3.44. The van der Waals surface area contributed by atoms with Crippen molar-refractivity contribution in [2.24, 2.45) is 0 Å². The lowest BCUT2D eigenvalue weighted by molar-refractivity contribution is -0.138. The minimum atomic E-state index is -0.231. The van der Waals surface area contributed by atoms with Gasteiger partial charge in [-0.15, -0.1) is 0 Å². The van der Waals surface area contributed by atoms with Crippen molar-refractivity contribution in [2.45, 2.75) is 25.4 Å². The molecule has 0 saturated carbocycles. The third-order valence-corrected chi connectivity index (χ3v) is 4.27. The maximum Gasteiger partial charge on any atom is 0.226 e. The van der Waals surface area contributed by atoms with Crippen LogP contribution in [0.25, 0.3) is 0 Å². The molecule has 1 fully saturated rings. The number of aryl methyl sites for hydroxylation is 1. The van der Waals surface area contributed by atoms with E-state index in [1.165, 1.54) is 0 Å². The second-order valence-electron chi connectivity index (χ2n) is 6.06. The first-order valence-electron chi connectivity index (χ1n) is 7.78. The molecule has 0 spiro atoms. The van der Waals surface area contributed by atoms with Gasteiger partial charge in [-0.25, -0.2) is 0 Å². The maximum absolute atomic E-state index is 12.3. The molecule has 1 unspecified atom stereocenters. The number of hydrogen-bond donors (Lipinski definition) is 0. The number of ether oxygens (including phenoxy) is 2. The van der Waals surface area contributed by atoms with Crippen LogP contribution in [0.1, 0.15) is 23.8 Å². The van der Waals surface area contributed by atoms with Crippen LogP contribution in [0.5, 0.6) is 11.5 Å². The van der Waals surface area contributed by atoms with Crippen LogP contribution < -0.4 is 9.47 Å². The summed E-state index contributed by atoms with van der Waals surface area (Å²) < 4.78 is 16.6. The number of fused-ring (bicyclic) bond motifs is 1. The highest BCUT2D eigenvalue weighted by Gasteiger charge is 2.35. The Morgan fingerprint density at radius 3 is 2.83 bits per heavy atom. The molecule has 2 aliphatic heterocycles. The summed E-state index contributed by atoms with van der Waals surface area (Å²) in [6, 6.07) is 9.46. The van der Waals surface area contributed by atoms with E-state index in [9.17, 15) is 4.79 Å². The topological polar surface area (TPSA) is 64.8 Å². The van der Waals surface area contributed by atoms with Gasteiger partial charge in [0, 0.05) is 25.1 Å². The zero-order valence-electron chi connectivity index (χ0n) is 12.9. The SMILES string of the molecule is Cc1cc(C2CN(C(=O)CC3COc4ccccc4O3)C2)no1. The lowest BCUT2D eigenvalue weighted by Gasteiger charge is -2.39. The van der Waals surface area contributed by atoms with E-state index in [2.05, 4.69) is 5.16 Å². The molecule has 23 heavy (non-hydrogen) atoms. The average Bonchev–Trinajstić information content (AvgIpc) is 2.92. The van der Waals surface area contributed by atoms with Crippen LogP contribution >= 0.6 is 0 Å². The van der Waals surface area contributed by atoms with Gasteiger partial charge in [-0.2, -0.15) is 0 Å². The van der Waals surface area contributed by atoms with E-state index in [0.29, 0.717) is 31.9 Å². The van der Waals surface area contributed by atoms with Gasteiger partial charge in [0.2, 0.25) is 5.91 Å². The highest BCUT2D eigenvalue weighted by Crippen LogP contribution is 2.32. The van der Waals surface area contributed by atoms with Gasteiger partial charge in [0.15, 0.2) is 11.5 Å². The first-order valence-corrected chi connectivity index (χ1v) is 7.78. The van der Waals surface area contributed by atoms with E-state index in [1.807, 2.05) is 42.2 Å². The fourth-order valence-corrected chi connectivity index (χ4v) is 2.93. The molecule has 1 amide bonds. The smallest absolute Gasteiger partial charge is 0.226 e. The normalized spacial score (nSPS) is 20.2. The molecule has 2 aromatic rings. The minimum Gasteiger partial charge on any atom is -0.486 e. The molecule has 0 N–H and O–H groups in total. The van der Waals surface area contributed by atoms with Crippen LogP contribution in [-0.4, -0.2) is 41.8 Å². The molecular weight excluding hydrogens is 296 g/mol. The lowest BCUT2D eigenvalue weighted by atomic mass is 9.95. The zero-order valence-corrected chi connectivity index (χ0v) is 12.9. The first kappa shape index (κ1) is 14.1. The second kappa shape index (κ2) is 5.61. The Balaban J connectivity index is 1.30. The number of amides is 1. The number of para-hydroxylation sites is 2. The second-order valence-corrected chi connectivity index (χ2v) is 6.06. The number of nitrogens with zero attached hydrogens (tertiary/aromatic N) is 2. The number of carbonyl (C=O) groups is 1. The van der Waals surface area contributed by atoms with Crippen molar-refractivity contribution in [1.82, 2.24) is 10.1 Å². The van der Waals surface area contributed by atoms with Crippen molar-refractivity contribution in [3.8, 4) is 11.5 Å². The summed E-state index contributed by atoms with van der Waals surface area (Å²) in [6.45, 7) is 3.66. The maximum atomic E-state index is 12.3. The number of hydrogen-bond acceptors (Lipinski definition) is 5. The van der Waals surface area contributed by atoms with Crippen LogP contribution in [-0.2, 0) is 4.79 Å². The number of aromatic nitrogens is 1. The van der Waals surface area contributed by atoms with E-state index >= 15 is 0 Å². The summed E-state index contributed by atoms with van der Waals surface area (Å²) in [5.41, 5.74) is 0.928. The highest BCUT2D eigenvalue weighted by molar-refractivity contribution is 5.78. The standard InChI is InChI=1S/C17H18N2O4/c1-11-6-14(18-23-11)12-8-19(9-12)17(20)7-13-10-21-15-4-2-3-5-16(15)22-13/h2-6,12-13H,7-10H2,1H3. The van der Waals surface area contributed by atoms with Crippen molar-refractivity contribution in [2.75, 3.05) is 19.7 Å². The highest BCUT2D eigenvalue weighted by atomic mass is 16.6. The van der Waals surface area contributed by atoms with Crippen molar-refractivity contribution in [3.63, 3.8) is 0 Å². The van der Waals surface area contributed by atoms with Gasteiger partial charge < -0.3 is 18.9 Å². The molecule has 0 aliphatic carbocycles. The van der Waals surface area contributed by atoms with Gasteiger partial charge in [-0.1, -0.05) is 17.3 Å². The first-order chi connectivity index (χ1) is 11.2. The average molecular weight is 314 g/mol. The summed E-state index contributed by atoms with van der Waals surface area (Å²) >= 11 is 0. The molecule has 0 radical (unpaired) electrons. The molecule has 3 heterocycles. The molecule has 1 aromatic carbocycles. The van der Waals surface area contributed by atoms with Crippen molar-refractivity contribution < 1.29 is 18.8 Å². The van der Waals surface area contributed by atoms with Gasteiger partial charge >= 0.3 is 0 Å². The van der Waals surface area contributed by atoms with Gasteiger partial charge in [0.1, 0.15) is 18.5 Å². The van der Waals surface area contributed by atoms with Crippen LogP contribution in [0.2, 0.25) is 0 Å². The van der Waals surface area contributed by atoms with Crippen molar-refractivity contribution in [3.05, 3.63) is 41.8 Å². The number of carbonyl (C=O) groups excluding carboxylic acids is 1. The fraction of sp³-hybridized carbons (Fsp3) is 0.412. The zero-order chi connectivity index (χ0) is 15.8. The van der Waals surface area contributed by atoms with Crippen molar-refractivity contribution in [1.29, 1.82) is 0 Å². The molecule has 6 heteroatoms. The predicted molar refractivity (Wildman–Crippen MR) is 81.5 cm³/mol. The monoisotopic (exact) mass is 314 g/mol. The van der Waals surface area contributed by atoms with E-state index in [0.717, 1.165) is 17.2 Å².